The Labute approximate surface area is 173 Å². The third kappa shape index (κ3) is 3.21. The van der Waals surface area contributed by atoms with Crippen molar-refractivity contribution in [3.63, 3.8) is 0 Å². The molecule has 0 spiro atoms. The average molecular weight is 407 g/mol. The second-order valence-electron chi connectivity index (χ2n) is 7.26. The summed E-state index contributed by atoms with van der Waals surface area (Å²) in [6.45, 7) is 0. The van der Waals surface area contributed by atoms with E-state index in [0.717, 1.165) is 42.1 Å². The lowest BCUT2D eigenvalue weighted by Crippen LogP contribution is -2.31. The standard InChI is InChI=1S/C23H19ClN2O3/c24-19-10-2-1-8-17(19)23(27)26-22(20-11-5-13-29-20)18-9-3-6-15(21(18)25-26)14-16-7-4-12-28-16/h1-2,4-5,7-8,10-14,18,22H,3,6,9H2/b15-14-/t18-,22-/m1/s1. The summed E-state index contributed by atoms with van der Waals surface area (Å²) < 4.78 is 11.2. The molecule has 3 heterocycles. The predicted molar refractivity (Wildman–Crippen MR) is 111 cm³/mol. The molecule has 2 aromatic heterocycles. The van der Waals surface area contributed by atoms with Crippen molar-refractivity contribution < 1.29 is 13.6 Å². The molecule has 1 fully saturated rings. The van der Waals surface area contributed by atoms with Crippen LogP contribution < -0.4 is 0 Å². The van der Waals surface area contributed by atoms with Crippen LogP contribution in [0.25, 0.3) is 6.08 Å². The van der Waals surface area contributed by atoms with Gasteiger partial charge in [-0.2, -0.15) is 5.10 Å². The number of amides is 1. The van der Waals surface area contributed by atoms with E-state index in [0.29, 0.717) is 10.6 Å². The SMILES string of the molecule is O=C(c1ccccc1Cl)N1N=C2/C(=C\c3ccco3)CCC[C@H]2[C@@H]1c1ccco1. The van der Waals surface area contributed by atoms with E-state index in [1.807, 2.05) is 36.4 Å². The quantitative estimate of drug-likeness (QED) is 0.539. The molecular formula is C23H19ClN2O3. The van der Waals surface area contributed by atoms with Gasteiger partial charge in [-0.05, 0) is 67.3 Å². The molecule has 0 saturated heterocycles. The molecule has 0 bridgehead atoms. The van der Waals surface area contributed by atoms with E-state index in [2.05, 4.69) is 0 Å². The zero-order valence-electron chi connectivity index (χ0n) is 15.6. The molecule has 29 heavy (non-hydrogen) atoms. The minimum Gasteiger partial charge on any atom is -0.467 e. The summed E-state index contributed by atoms with van der Waals surface area (Å²) in [4.78, 5) is 13.4. The maximum atomic E-state index is 13.4. The van der Waals surface area contributed by atoms with Gasteiger partial charge in [-0.3, -0.25) is 4.79 Å². The highest BCUT2D eigenvalue weighted by atomic mass is 35.5. The average Bonchev–Trinajstić information content (AvgIpc) is 3.48. The zero-order chi connectivity index (χ0) is 19.8. The van der Waals surface area contributed by atoms with E-state index in [4.69, 9.17) is 25.5 Å². The van der Waals surface area contributed by atoms with Crippen molar-refractivity contribution >= 4 is 29.3 Å². The van der Waals surface area contributed by atoms with Gasteiger partial charge in [-0.15, -0.1) is 0 Å². The fraction of sp³-hybridized carbons (Fsp3) is 0.217. The number of rotatable bonds is 3. The molecule has 0 N–H and O–H groups in total. The minimum absolute atomic E-state index is 0.0718. The molecule has 1 aliphatic carbocycles. The van der Waals surface area contributed by atoms with Crippen molar-refractivity contribution in [3.8, 4) is 0 Å². The van der Waals surface area contributed by atoms with E-state index in [-0.39, 0.29) is 17.9 Å². The number of carbonyl (C=O) groups is 1. The Balaban J connectivity index is 1.59. The van der Waals surface area contributed by atoms with Crippen LogP contribution in [0.15, 0.2) is 80.6 Å². The molecule has 3 aromatic rings. The fourth-order valence-electron chi connectivity index (χ4n) is 4.21. The third-order valence-electron chi connectivity index (χ3n) is 5.51. The molecule has 0 unspecified atom stereocenters. The highest BCUT2D eigenvalue weighted by molar-refractivity contribution is 6.33. The molecule has 1 amide bonds. The zero-order valence-corrected chi connectivity index (χ0v) is 16.4. The molecular weight excluding hydrogens is 388 g/mol. The second-order valence-corrected chi connectivity index (χ2v) is 7.67. The molecule has 6 heteroatoms. The topological polar surface area (TPSA) is 59.0 Å². The number of hydrogen-bond donors (Lipinski definition) is 0. The van der Waals surface area contributed by atoms with Crippen molar-refractivity contribution in [2.75, 3.05) is 0 Å². The summed E-state index contributed by atoms with van der Waals surface area (Å²) in [6, 6.07) is 14.3. The third-order valence-corrected chi connectivity index (χ3v) is 5.84. The number of nitrogens with zero attached hydrogens (tertiary/aromatic N) is 2. The van der Waals surface area contributed by atoms with Gasteiger partial charge in [-0.25, -0.2) is 5.01 Å². The van der Waals surface area contributed by atoms with E-state index < -0.39 is 0 Å². The number of carbonyl (C=O) groups excluding carboxylic acids is 1. The summed E-state index contributed by atoms with van der Waals surface area (Å²) in [7, 11) is 0. The number of hydrazone groups is 1. The first-order chi connectivity index (χ1) is 14.2. The summed E-state index contributed by atoms with van der Waals surface area (Å²) in [5.41, 5.74) is 2.46. The number of benzene rings is 1. The van der Waals surface area contributed by atoms with E-state index in [1.54, 1.807) is 35.7 Å². The first kappa shape index (κ1) is 18.0. The van der Waals surface area contributed by atoms with Crippen molar-refractivity contribution in [2.24, 2.45) is 11.0 Å². The number of hydrogen-bond acceptors (Lipinski definition) is 4. The molecule has 1 aliphatic heterocycles. The van der Waals surface area contributed by atoms with Gasteiger partial charge < -0.3 is 8.83 Å². The molecule has 1 aromatic carbocycles. The monoisotopic (exact) mass is 406 g/mol. The molecule has 146 valence electrons. The van der Waals surface area contributed by atoms with Crippen LogP contribution in [0.2, 0.25) is 5.02 Å². The first-order valence-electron chi connectivity index (χ1n) is 9.67. The number of halogens is 1. The minimum atomic E-state index is -0.288. The smallest absolute Gasteiger partial charge is 0.276 e. The Kier molecular flexibility index (Phi) is 4.60. The van der Waals surface area contributed by atoms with Crippen molar-refractivity contribution in [3.05, 3.63) is 88.7 Å². The molecule has 2 atom stereocenters. The summed E-state index contributed by atoms with van der Waals surface area (Å²) >= 11 is 6.30. The fourth-order valence-corrected chi connectivity index (χ4v) is 4.43. The highest BCUT2D eigenvalue weighted by Gasteiger charge is 2.45. The van der Waals surface area contributed by atoms with Crippen LogP contribution >= 0.6 is 11.6 Å². The lowest BCUT2D eigenvalue weighted by molar-refractivity contribution is 0.0656. The van der Waals surface area contributed by atoms with Crippen LogP contribution in [0.4, 0.5) is 0 Å². The Morgan fingerprint density at radius 1 is 1.10 bits per heavy atom. The van der Waals surface area contributed by atoms with Crippen LogP contribution in [0.3, 0.4) is 0 Å². The van der Waals surface area contributed by atoms with Gasteiger partial charge in [0.05, 0.1) is 28.8 Å². The van der Waals surface area contributed by atoms with E-state index in [9.17, 15) is 4.79 Å². The van der Waals surface area contributed by atoms with Crippen LogP contribution in [0.5, 0.6) is 0 Å². The Morgan fingerprint density at radius 2 is 1.93 bits per heavy atom. The number of allylic oxidation sites excluding steroid dienone is 1. The maximum absolute atomic E-state index is 13.4. The van der Waals surface area contributed by atoms with Crippen LogP contribution in [-0.2, 0) is 0 Å². The van der Waals surface area contributed by atoms with Gasteiger partial charge in [0.1, 0.15) is 17.6 Å². The van der Waals surface area contributed by atoms with Gasteiger partial charge in [-0.1, -0.05) is 23.7 Å². The molecule has 1 saturated carbocycles. The molecule has 2 aliphatic rings. The second kappa shape index (κ2) is 7.41. The van der Waals surface area contributed by atoms with Crippen molar-refractivity contribution in [2.45, 2.75) is 25.3 Å². The lowest BCUT2D eigenvalue weighted by Gasteiger charge is -2.27. The van der Waals surface area contributed by atoms with Crippen LogP contribution in [-0.4, -0.2) is 16.6 Å². The van der Waals surface area contributed by atoms with Crippen molar-refractivity contribution in [1.82, 2.24) is 5.01 Å². The lowest BCUT2D eigenvalue weighted by atomic mass is 9.79. The number of fused-ring (bicyclic) bond motifs is 1. The van der Waals surface area contributed by atoms with Crippen LogP contribution in [0.1, 0.15) is 47.2 Å². The van der Waals surface area contributed by atoms with Gasteiger partial charge in [0.15, 0.2) is 0 Å². The molecule has 0 radical (unpaired) electrons. The van der Waals surface area contributed by atoms with Gasteiger partial charge in [0.25, 0.3) is 5.91 Å². The van der Waals surface area contributed by atoms with Crippen LogP contribution in [0, 0.1) is 5.92 Å². The first-order valence-corrected chi connectivity index (χ1v) is 10.0. The summed E-state index contributed by atoms with van der Waals surface area (Å²) in [5.74, 6) is 1.36. The highest BCUT2D eigenvalue weighted by Crippen LogP contribution is 2.45. The number of furan rings is 2. The van der Waals surface area contributed by atoms with Gasteiger partial charge in [0, 0.05) is 5.92 Å². The molecule has 5 rings (SSSR count). The largest absolute Gasteiger partial charge is 0.467 e. The van der Waals surface area contributed by atoms with Gasteiger partial charge >= 0.3 is 0 Å². The maximum Gasteiger partial charge on any atom is 0.276 e. The Morgan fingerprint density at radius 3 is 2.69 bits per heavy atom. The normalized spacial score (nSPS) is 22.6. The van der Waals surface area contributed by atoms with E-state index >= 15 is 0 Å². The Bertz CT molecular complexity index is 1080. The Hall–Kier alpha value is -3.05. The van der Waals surface area contributed by atoms with E-state index in [1.165, 1.54) is 0 Å². The van der Waals surface area contributed by atoms with Crippen molar-refractivity contribution in [1.29, 1.82) is 0 Å². The molecule has 5 nitrogen and oxygen atoms in total. The summed E-state index contributed by atoms with van der Waals surface area (Å²) in [5, 5.41) is 6.76. The van der Waals surface area contributed by atoms with Gasteiger partial charge in [0.2, 0.25) is 0 Å². The predicted octanol–water partition coefficient (Wildman–Crippen LogP) is 5.96. The summed E-state index contributed by atoms with van der Waals surface area (Å²) in [6.07, 6.45) is 8.16.